The number of aromatic nitrogens is 3. The van der Waals surface area contributed by atoms with E-state index in [4.69, 9.17) is 11.6 Å². The maximum atomic E-state index is 14.2. The number of nitrogens with one attached hydrogen (secondary N) is 1. The molecule has 0 aliphatic heterocycles. The monoisotopic (exact) mass is 560 g/mol. The number of benzene rings is 3. The summed E-state index contributed by atoms with van der Waals surface area (Å²) in [4.78, 5) is 26.3. The van der Waals surface area contributed by atoms with Gasteiger partial charge in [-0.1, -0.05) is 41.9 Å². The number of aryl methyl sites for hydroxylation is 1. The molecule has 0 fully saturated rings. The molecule has 0 spiro atoms. The molecule has 1 amide bonds. The van der Waals surface area contributed by atoms with E-state index < -0.39 is 41.2 Å². The summed E-state index contributed by atoms with van der Waals surface area (Å²) < 4.78 is 56.1. The van der Waals surface area contributed by atoms with Crippen LogP contribution in [-0.2, 0) is 36.0 Å². The highest BCUT2D eigenvalue weighted by molar-refractivity contribution is 6.30. The molecule has 0 saturated carbocycles. The summed E-state index contributed by atoms with van der Waals surface area (Å²) in [7, 11) is 0. The Morgan fingerprint density at radius 2 is 1.64 bits per heavy atom. The van der Waals surface area contributed by atoms with Gasteiger partial charge < -0.3 is 5.32 Å². The van der Waals surface area contributed by atoms with E-state index in [1.165, 1.54) is 22.8 Å². The van der Waals surface area contributed by atoms with Crippen molar-refractivity contribution in [3.05, 3.63) is 111 Å². The van der Waals surface area contributed by atoms with E-state index in [2.05, 4.69) is 10.4 Å². The van der Waals surface area contributed by atoms with E-state index in [1.54, 1.807) is 56.3 Å². The molecule has 0 saturated heterocycles. The van der Waals surface area contributed by atoms with Gasteiger partial charge in [0.1, 0.15) is 12.4 Å². The molecular formula is C28H25ClF4N4O2. The Labute approximate surface area is 226 Å². The summed E-state index contributed by atoms with van der Waals surface area (Å²) in [6.07, 6.45) is -4.33. The molecule has 0 bridgehead atoms. The van der Waals surface area contributed by atoms with Crippen LogP contribution in [0.15, 0.2) is 77.6 Å². The van der Waals surface area contributed by atoms with Gasteiger partial charge in [-0.15, -0.1) is 5.10 Å². The second-order valence-electron chi connectivity index (χ2n) is 9.52. The van der Waals surface area contributed by atoms with Crippen LogP contribution < -0.4 is 11.0 Å². The Balaban J connectivity index is 1.60. The Morgan fingerprint density at radius 1 is 0.974 bits per heavy atom. The Morgan fingerprint density at radius 3 is 2.31 bits per heavy atom. The summed E-state index contributed by atoms with van der Waals surface area (Å²) in [6.45, 7) is 2.74. The first-order chi connectivity index (χ1) is 18.3. The van der Waals surface area contributed by atoms with Crippen LogP contribution in [0.4, 0.5) is 17.6 Å². The average molecular weight is 561 g/mol. The third-order valence-corrected chi connectivity index (χ3v) is 6.50. The summed E-state index contributed by atoms with van der Waals surface area (Å²) in [5.74, 6) is -0.763. The molecule has 1 N–H and O–H groups in total. The lowest BCUT2D eigenvalue weighted by atomic mass is 9.92. The minimum Gasteiger partial charge on any atom is -0.346 e. The first kappa shape index (κ1) is 28.1. The van der Waals surface area contributed by atoms with Gasteiger partial charge in [0.25, 0.3) is 0 Å². The zero-order valence-electron chi connectivity index (χ0n) is 21.1. The minimum atomic E-state index is -4.53. The van der Waals surface area contributed by atoms with Crippen LogP contribution in [0.2, 0.25) is 5.02 Å². The van der Waals surface area contributed by atoms with Gasteiger partial charge >= 0.3 is 11.9 Å². The molecule has 11 heteroatoms. The van der Waals surface area contributed by atoms with Gasteiger partial charge in [0.2, 0.25) is 5.91 Å². The second kappa shape index (κ2) is 11.1. The highest BCUT2D eigenvalue weighted by atomic mass is 35.5. The standard InChI is InChI=1S/C28H25ClF4N4O2/c1-27(2,20-7-5-8-21(16-20)28(31,32)33)34-24(38)17-37-26(39)36(15-14-18-6-3-4-9-23(18)30)25(35-37)19-10-12-22(29)13-11-19/h3-13,16H,14-15,17H2,1-2H3,(H,34,38). The summed E-state index contributed by atoms with van der Waals surface area (Å²) >= 11 is 6.00. The molecule has 6 nitrogen and oxygen atoms in total. The highest BCUT2D eigenvalue weighted by Crippen LogP contribution is 2.32. The Kier molecular flexibility index (Phi) is 7.96. The molecular weight excluding hydrogens is 536 g/mol. The van der Waals surface area contributed by atoms with Crippen molar-refractivity contribution in [1.82, 2.24) is 19.7 Å². The minimum absolute atomic E-state index is 0.0923. The van der Waals surface area contributed by atoms with Crippen molar-refractivity contribution >= 4 is 17.5 Å². The van der Waals surface area contributed by atoms with Gasteiger partial charge in [0.15, 0.2) is 5.82 Å². The van der Waals surface area contributed by atoms with Gasteiger partial charge in [-0.3, -0.25) is 9.36 Å². The lowest BCUT2D eigenvalue weighted by molar-refractivity contribution is -0.137. The maximum absolute atomic E-state index is 14.2. The number of nitrogens with zero attached hydrogens (tertiary/aromatic N) is 3. The quantitative estimate of drug-likeness (QED) is 0.276. The van der Waals surface area contributed by atoms with E-state index >= 15 is 0 Å². The van der Waals surface area contributed by atoms with Crippen molar-refractivity contribution in [3.8, 4) is 11.4 Å². The molecule has 0 aliphatic rings. The fraction of sp³-hybridized carbons (Fsp3) is 0.250. The first-order valence-electron chi connectivity index (χ1n) is 12.0. The van der Waals surface area contributed by atoms with Crippen LogP contribution in [0.5, 0.6) is 0 Å². The molecule has 0 radical (unpaired) electrons. The average Bonchev–Trinajstić information content (AvgIpc) is 3.18. The fourth-order valence-corrected chi connectivity index (χ4v) is 4.30. The molecule has 1 aromatic heterocycles. The van der Waals surface area contributed by atoms with Crippen molar-refractivity contribution in [2.24, 2.45) is 0 Å². The molecule has 39 heavy (non-hydrogen) atoms. The lowest BCUT2D eigenvalue weighted by Gasteiger charge is -2.27. The number of halogens is 5. The first-order valence-corrected chi connectivity index (χ1v) is 12.4. The van der Waals surface area contributed by atoms with E-state index in [0.717, 1.165) is 16.8 Å². The molecule has 3 aromatic carbocycles. The highest BCUT2D eigenvalue weighted by Gasteiger charge is 2.32. The van der Waals surface area contributed by atoms with E-state index in [0.29, 0.717) is 16.1 Å². The number of carbonyl (C=O) groups is 1. The zero-order chi connectivity index (χ0) is 28.4. The summed E-state index contributed by atoms with van der Waals surface area (Å²) in [6, 6.07) is 17.5. The van der Waals surface area contributed by atoms with E-state index in [1.807, 2.05) is 0 Å². The van der Waals surface area contributed by atoms with Gasteiger partial charge in [-0.2, -0.15) is 13.2 Å². The number of hydrogen-bond acceptors (Lipinski definition) is 3. The van der Waals surface area contributed by atoms with Gasteiger partial charge in [0, 0.05) is 17.1 Å². The number of hydrogen-bond donors (Lipinski definition) is 1. The molecule has 0 atom stereocenters. The van der Waals surface area contributed by atoms with Crippen LogP contribution in [0.25, 0.3) is 11.4 Å². The van der Waals surface area contributed by atoms with Crippen LogP contribution in [-0.4, -0.2) is 20.3 Å². The Bertz CT molecular complexity index is 1540. The van der Waals surface area contributed by atoms with Crippen LogP contribution >= 0.6 is 11.6 Å². The van der Waals surface area contributed by atoms with Crippen LogP contribution in [0, 0.1) is 5.82 Å². The topological polar surface area (TPSA) is 68.9 Å². The zero-order valence-corrected chi connectivity index (χ0v) is 21.9. The maximum Gasteiger partial charge on any atom is 0.416 e. The number of alkyl halides is 3. The van der Waals surface area contributed by atoms with Gasteiger partial charge in [0.05, 0.1) is 11.1 Å². The summed E-state index contributed by atoms with van der Waals surface area (Å²) in [5, 5.41) is 7.52. The van der Waals surface area contributed by atoms with Crippen molar-refractivity contribution < 1.29 is 22.4 Å². The number of carbonyl (C=O) groups excluding carboxylic acids is 1. The van der Waals surface area contributed by atoms with Crippen molar-refractivity contribution in [3.63, 3.8) is 0 Å². The predicted octanol–water partition coefficient (Wildman–Crippen LogP) is 5.82. The van der Waals surface area contributed by atoms with Crippen LogP contribution in [0.3, 0.4) is 0 Å². The van der Waals surface area contributed by atoms with E-state index in [-0.39, 0.29) is 24.4 Å². The van der Waals surface area contributed by atoms with Gasteiger partial charge in [-0.25, -0.2) is 13.9 Å². The number of amides is 1. The third-order valence-electron chi connectivity index (χ3n) is 6.24. The summed E-state index contributed by atoms with van der Waals surface area (Å²) in [5.41, 5.74) is -1.37. The second-order valence-corrected chi connectivity index (χ2v) is 9.95. The SMILES string of the molecule is CC(C)(NC(=O)Cn1nc(-c2ccc(Cl)cc2)n(CCc2ccccc2F)c1=O)c1cccc(C(F)(F)F)c1. The van der Waals surface area contributed by atoms with Crippen molar-refractivity contribution in [2.75, 3.05) is 0 Å². The smallest absolute Gasteiger partial charge is 0.346 e. The molecule has 4 aromatic rings. The predicted molar refractivity (Wildman–Crippen MR) is 140 cm³/mol. The van der Waals surface area contributed by atoms with E-state index in [9.17, 15) is 27.2 Å². The van der Waals surface area contributed by atoms with Crippen molar-refractivity contribution in [2.45, 2.75) is 45.1 Å². The lowest BCUT2D eigenvalue weighted by Crippen LogP contribution is -2.44. The van der Waals surface area contributed by atoms with Gasteiger partial charge in [-0.05, 0) is 73.9 Å². The number of rotatable bonds is 8. The third kappa shape index (κ3) is 6.57. The molecule has 1 heterocycles. The molecule has 204 valence electrons. The fourth-order valence-electron chi connectivity index (χ4n) is 4.17. The van der Waals surface area contributed by atoms with Crippen LogP contribution in [0.1, 0.15) is 30.5 Å². The largest absolute Gasteiger partial charge is 0.416 e. The Hall–Kier alpha value is -3.92. The van der Waals surface area contributed by atoms with Crippen molar-refractivity contribution in [1.29, 1.82) is 0 Å². The molecule has 0 unspecified atom stereocenters. The molecule has 4 rings (SSSR count). The normalized spacial score (nSPS) is 12.0. The molecule has 0 aliphatic carbocycles.